The predicted octanol–water partition coefficient (Wildman–Crippen LogP) is 0.812. The molecular weight excluding hydrogens is 223 g/mol. The van der Waals surface area contributed by atoms with Gasteiger partial charge in [-0.1, -0.05) is 18.2 Å². The lowest BCUT2D eigenvalue weighted by Crippen LogP contribution is -2.35. The van der Waals surface area contributed by atoms with Crippen LogP contribution in [0.4, 0.5) is 4.39 Å². The van der Waals surface area contributed by atoms with E-state index in [0.29, 0.717) is 18.5 Å². The first kappa shape index (κ1) is 12.0. The van der Waals surface area contributed by atoms with E-state index in [9.17, 15) is 9.18 Å². The average Bonchev–Trinajstić information content (AvgIpc) is 2.63. The second-order valence-electron chi connectivity index (χ2n) is 4.37. The van der Waals surface area contributed by atoms with Gasteiger partial charge in [0.25, 0.3) is 0 Å². The second-order valence-corrected chi connectivity index (χ2v) is 4.37. The van der Waals surface area contributed by atoms with E-state index < -0.39 is 12.0 Å². The van der Waals surface area contributed by atoms with Crippen LogP contribution in [-0.2, 0) is 11.3 Å². The molecule has 4 nitrogen and oxygen atoms in total. The van der Waals surface area contributed by atoms with E-state index in [1.54, 1.807) is 23.1 Å². The summed E-state index contributed by atoms with van der Waals surface area (Å²) in [5.41, 5.74) is 6.25. The molecule has 0 amide bonds. The van der Waals surface area contributed by atoms with Crippen LogP contribution in [0.5, 0.6) is 0 Å². The number of nitrogens with zero attached hydrogens (tertiary/aromatic N) is 1. The largest absolute Gasteiger partial charge is 0.480 e. The summed E-state index contributed by atoms with van der Waals surface area (Å²) in [7, 11) is 0. The Morgan fingerprint density at radius 3 is 2.88 bits per heavy atom. The molecule has 1 fully saturated rings. The van der Waals surface area contributed by atoms with E-state index in [0.717, 1.165) is 0 Å². The number of hydrogen-bond acceptors (Lipinski definition) is 3. The Bertz CT molecular complexity index is 425. The van der Waals surface area contributed by atoms with Gasteiger partial charge in [0.05, 0.1) is 0 Å². The van der Waals surface area contributed by atoms with E-state index in [4.69, 9.17) is 10.8 Å². The van der Waals surface area contributed by atoms with Crippen molar-refractivity contribution >= 4 is 5.97 Å². The number of nitrogens with two attached hydrogens (primary N) is 1. The molecule has 1 aliphatic rings. The van der Waals surface area contributed by atoms with Gasteiger partial charge in [0.15, 0.2) is 0 Å². The zero-order chi connectivity index (χ0) is 12.4. The third-order valence-electron chi connectivity index (χ3n) is 3.05. The molecule has 2 unspecified atom stereocenters. The SMILES string of the molecule is NC1CC(C(=O)O)N(Cc2ccccc2F)C1. The van der Waals surface area contributed by atoms with E-state index in [1.807, 2.05) is 0 Å². The maximum Gasteiger partial charge on any atom is 0.320 e. The first-order chi connectivity index (χ1) is 8.08. The number of hydrogen-bond donors (Lipinski definition) is 2. The highest BCUT2D eigenvalue weighted by Gasteiger charge is 2.35. The van der Waals surface area contributed by atoms with Gasteiger partial charge in [0.2, 0.25) is 0 Å². The third-order valence-corrected chi connectivity index (χ3v) is 3.05. The van der Waals surface area contributed by atoms with Crippen LogP contribution in [0.1, 0.15) is 12.0 Å². The topological polar surface area (TPSA) is 66.6 Å². The van der Waals surface area contributed by atoms with Crippen LogP contribution < -0.4 is 5.73 Å². The van der Waals surface area contributed by atoms with Crippen LogP contribution in [0.3, 0.4) is 0 Å². The van der Waals surface area contributed by atoms with Crippen LogP contribution >= 0.6 is 0 Å². The minimum atomic E-state index is -0.894. The summed E-state index contributed by atoms with van der Waals surface area (Å²) < 4.78 is 13.5. The quantitative estimate of drug-likeness (QED) is 0.818. The lowest BCUT2D eigenvalue weighted by molar-refractivity contribution is -0.142. The Kier molecular flexibility index (Phi) is 3.40. The zero-order valence-electron chi connectivity index (χ0n) is 9.34. The second kappa shape index (κ2) is 4.81. The van der Waals surface area contributed by atoms with Gasteiger partial charge in [-0.15, -0.1) is 0 Å². The number of carbonyl (C=O) groups is 1. The van der Waals surface area contributed by atoms with E-state index >= 15 is 0 Å². The zero-order valence-corrected chi connectivity index (χ0v) is 9.34. The Labute approximate surface area is 98.8 Å². The van der Waals surface area contributed by atoms with Crippen LogP contribution in [0, 0.1) is 5.82 Å². The van der Waals surface area contributed by atoms with Crippen LogP contribution in [-0.4, -0.2) is 34.6 Å². The lowest BCUT2D eigenvalue weighted by atomic mass is 10.1. The number of likely N-dealkylation sites (tertiary alicyclic amines) is 1. The fourth-order valence-corrected chi connectivity index (χ4v) is 2.22. The molecule has 1 aliphatic heterocycles. The molecule has 0 aliphatic carbocycles. The van der Waals surface area contributed by atoms with Crippen molar-refractivity contribution in [3.63, 3.8) is 0 Å². The summed E-state index contributed by atoms with van der Waals surface area (Å²) in [5.74, 6) is -1.20. The molecule has 0 spiro atoms. The summed E-state index contributed by atoms with van der Waals surface area (Å²) in [5, 5.41) is 9.06. The molecule has 0 saturated carbocycles. The lowest BCUT2D eigenvalue weighted by Gasteiger charge is -2.21. The Hall–Kier alpha value is -1.46. The molecule has 0 radical (unpaired) electrons. The highest BCUT2D eigenvalue weighted by Crippen LogP contribution is 2.20. The molecule has 1 heterocycles. The Balaban J connectivity index is 2.13. The summed E-state index contributed by atoms with van der Waals surface area (Å²) in [6.07, 6.45) is 0.420. The van der Waals surface area contributed by atoms with Crippen molar-refractivity contribution in [1.29, 1.82) is 0 Å². The summed E-state index contributed by atoms with van der Waals surface area (Å²) in [6, 6.07) is 5.64. The molecule has 1 aromatic carbocycles. The third kappa shape index (κ3) is 2.62. The normalized spacial score (nSPS) is 25.1. The predicted molar refractivity (Wildman–Crippen MR) is 60.8 cm³/mol. The monoisotopic (exact) mass is 238 g/mol. The number of aliphatic carboxylic acids is 1. The smallest absolute Gasteiger partial charge is 0.320 e. The van der Waals surface area contributed by atoms with Gasteiger partial charge in [-0.3, -0.25) is 9.69 Å². The molecular formula is C12H15FN2O2. The minimum absolute atomic E-state index is 0.150. The minimum Gasteiger partial charge on any atom is -0.480 e. The van der Waals surface area contributed by atoms with E-state index in [-0.39, 0.29) is 18.4 Å². The molecule has 3 N–H and O–H groups in total. The van der Waals surface area contributed by atoms with Gasteiger partial charge >= 0.3 is 5.97 Å². The number of benzene rings is 1. The van der Waals surface area contributed by atoms with Gasteiger partial charge in [0, 0.05) is 24.7 Å². The first-order valence-electron chi connectivity index (χ1n) is 5.54. The summed E-state index contributed by atoms with van der Waals surface area (Å²) in [4.78, 5) is 12.8. The van der Waals surface area contributed by atoms with Crippen molar-refractivity contribution in [2.45, 2.75) is 25.0 Å². The van der Waals surface area contributed by atoms with E-state index in [2.05, 4.69) is 0 Å². The van der Waals surface area contributed by atoms with E-state index in [1.165, 1.54) is 6.07 Å². The molecule has 0 bridgehead atoms. The van der Waals surface area contributed by atoms with Gasteiger partial charge in [-0.2, -0.15) is 0 Å². The molecule has 5 heteroatoms. The van der Waals surface area contributed by atoms with Crippen LogP contribution in [0.15, 0.2) is 24.3 Å². The van der Waals surface area contributed by atoms with Gasteiger partial charge in [-0.05, 0) is 12.5 Å². The molecule has 2 rings (SSSR count). The van der Waals surface area contributed by atoms with Crippen molar-refractivity contribution in [3.05, 3.63) is 35.6 Å². The van der Waals surface area contributed by atoms with Gasteiger partial charge in [0.1, 0.15) is 11.9 Å². The Morgan fingerprint density at radius 2 is 2.24 bits per heavy atom. The molecule has 0 aromatic heterocycles. The van der Waals surface area contributed by atoms with Crippen molar-refractivity contribution in [3.8, 4) is 0 Å². The fourth-order valence-electron chi connectivity index (χ4n) is 2.22. The van der Waals surface area contributed by atoms with Crippen molar-refractivity contribution in [1.82, 2.24) is 4.90 Å². The molecule has 1 aromatic rings. The van der Waals surface area contributed by atoms with Crippen molar-refractivity contribution < 1.29 is 14.3 Å². The number of halogens is 1. The fraction of sp³-hybridized carbons (Fsp3) is 0.417. The molecule has 1 saturated heterocycles. The van der Waals surface area contributed by atoms with Crippen molar-refractivity contribution in [2.75, 3.05) is 6.54 Å². The standard InChI is InChI=1S/C12H15FN2O2/c13-10-4-2-1-3-8(10)6-15-7-9(14)5-11(15)12(16)17/h1-4,9,11H,5-7,14H2,(H,16,17). The number of rotatable bonds is 3. The first-order valence-corrected chi connectivity index (χ1v) is 5.54. The maximum atomic E-state index is 13.5. The number of carboxylic acids is 1. The van der Waals surface area contributed by atoms with Crippen LogP contribution in [0.2, 0.25) is 0 Å². The Morgan fingerprint density at radius 1 is 1.53 bits per heavy atom. The highest BCUT2D eigenvalue weighted by atomic mass is 19.1. The maximum absolute atomic E-state index is 13.5. The van der Waals surface area contributed by atoms with Crippen LogP contribution in [0.25, 0.3) is 0 Å². The van der Waals surface area contributed by atoms with Gasteiger partial charge < -0.3 is 10.8 Å². The summed E-state index contributed by atoms with van der Waals surface area (Å²) in [6.45, 7) is 0.780. The molecule has 92 valence electrons. The average molecular weight is 238 g/mol. The van der Waals surface area contributed by atoms with Gasteiger partial charge in [-0.25, -0.2) is 4.39 Å². The summed E-state index contributed by atoms with van der Waals surface area (Å²) >= 11 is 0. The number of carboxylic acid groups (broad SMARTS) is 1. The molecule has 2 atom stereocenters. The highest BCUT2D eigenvalue weighted by molar-refractivity contribution is 5.74. The molecule has 17 heavy (non-hydrogen) atoms. The van der Waals surface area contributed by atoms with Crippen molar-refractivity contribution in [2.24, 2.45) is 5.73 Å².